The first kappa shape index (κ1) is 15.2. The largest absolute Gasteiger partial charge is 0.292 e. The van der Waals surface area contributed by atoms with Crippen LogP contribution in [-0.2, 0) is 26.6 Å². The van der Waals surface area contributed by atoms with Crippen LogP contribution in [0.4, 0.5) is 0 Å². The van der Waals surface area contributed by atoms with E-state index < -0.39 is 0 Å². The molecule has 0 aliphatic heterocycles. The van der Waals surface area contributed by atoms with Gasteiger partial charge in [-0.05, 0) is 26.7 Å². The molecule has 5 heteroatoms. The van der Waals surface area contributed by atoms with Crippen molar-refractivity contribution in [3.8, 4) is 0 Å². The molecule has 1 saturated carbocycles. The molecule has 0 bridgehead atoms. The van der Waals surface area contributed by atoms with E-state index in [0.29, 0.717) is 6.04 Å². The van der Waals surface area contributed by atoms with Gasteiger partial charge in [0.2, 0.25) is 0 Å². The van der Waals surface area contributed by atoms with E-state index in [1.165, 1.54) is 29.7 Å². The van der Waals surface area contributed by atoms with Gasteiger partial charge in [0.05, 0.1) is 5.69 Å². The normalized spacial score (nSPS) is 14.8. The second kappa shape index (κ2) is 6.16. The summed E-state index contributed by atoms with van der Waals surface area (Å²) in [7, 11) is 2.02. The van der Waals surface area contributed by atoms with Gasteiger partial charge in [-0.1, -0.05) is 6.92 Å². The highest BCUT2D eigenvalue weighted by Gasteiger charge is 2.30. The van der Waals surface area contributed by atoms with Crippen molar-refractivity contribution in [1.82, 2.24) is 24.6 Å². The number of aromatic nitrogens is 4. The third kappa shape index (κ3) is 3.19. The highest BCUT2D eigenvalue weighted by Crippen LogP contribution is 2.30. The molecule has 2 aromatic heterocycles. The molecule has 0 amide bonds. The summed E-state index contributed by atoms with van der Waals surface area (Å²) in [5.74, 6) is 0.917. The maximum atomic E-state index is 4.54. The van der Waals surface area contributed by atoms with Crippen molar-refractivity contribution >= 4 is 0 Å². The molecule has 0 N–H and O–H groups in total. The van der Waals surface area contributed by atoms with Gasteiger partial charge < -0.3 is 0 Å². The summed E-state index contributed by atoms with van der Waals surface area (Å²) >= 11 is 0. The smallest absolute Gasteiger partial charge is 0.127 e. The molecule has 5 nitrogen and oxygen atoms in total. The molecular formula is C17H25N5. The van der Waals surface area contributed by atoms with Crippen LogP contribution in [0.3, 0.4) is 0 Å². The van der Waals surface area contributed by atoms with E-state index in [1.807, 2.05) is 24.1 Å². The van der Waals surface area contributed by atoms with E-state index >= 15 is 0 Å². The van der Waals surface area contributed by atoms with Crippen LogP contribution in [0, 0.1) is 13.8 Å². The second-order valence-corrected chi connectivity index (χ2v) is 6.27. The van der Waals surface area contributed by atoms with Gasteiger partial charge in [-0.15, -0.1) is 0 Å². The number of rotatable bonds is 6. The number of aryl methyl sites for hydroxylation is 3. The molecule has 1 aliphatic rings. The van der Waals surface area contributed by atoms with E-state index in [1.54, 1.807) is 0 Å². The van der Waals surface area contributed by atoms with Crippen molar-refractivity contribution in [1.29, 1.82) is 0 Å². The monoisotopic (exact) mass is 299 g/mol. The Kier molecular flexibility index (Phi) is 4.25. The third-order valence-electron chi connectivity index (χ3n) is 4.54. The zero-order chi connectivity index (χ0) is 15.7. The molecule has 0 spiro atoms. The van der Waals surface area contributed by atoms with Crippen molar-refractivity contribution < 1.29 is 0 Å². The van der Waals surface area contributed by atoms with E-state index in [9.17, 15) is 0 Å². The minimum absolute atomic E-state index is 0.699. The Hall–Kier alpha value is -1.75. The van der Waals surface area contributed by atoms with Gasteiger partial charge in [-0.25, -0.2) is 9.97 Å². The van der Waals surface area contributed by atoms with Crippen molar-refractivity contribution in [2.24, 2.45) is 7.05 Å². The molecule has 22 heavy (non-hydrogen) atoms. The van der Waals surface area contributed by atoms with Crippen LogP contribution in [-0.4, -0.2) is 30.7 Å². The van der Waals surface area contributed by atoms with Crippen molar-refractivity contribution in [2.75, 3.05) is 0 Å². The Morgan fingerprint density at radius 3 is 2.36 bits per heavy atom. The SMILES string of the molecule is CCc1ncc(CN(Cc2c(C)nn(C)c2C)C2CC2)cn1. The maximum Gasteiger partial charge on any atom is 0.127 e. The Morgan fingerprint density at radius 1 is 1.18 bits per heavy atom. The first-order chi connectivity index (χ1) is 10.6. The molecule has 118 valence electrons. The maximum absolute atomic E-state index is 4.54. The van der Waals surface area contributed by atoms with E-state index in [0.717, 1.165) is 31.0 Å². The molecule has 0 unspecified atom stereocenters. The first-order valence-corrected chi connectivity index (χ1v) is 8.11. The highest BCUT2D eigenvalue weighted by atomic mass is 15.3. The number of hydrogen-bond acceptors (Lipinski definition) is 4. The van der Waals surface area contributed by atoms with Gasteiger partial charge in [0, 0.05) is 61.8 Å². The van der Waals surface area contributed by atoms with Gasteiger partial charge in [-0.3, -0.25) is 9.58 Å². The van der Waals surface area contributed by atoms with Crippen LogP contribution in [0.5, 0.6) is 0 Å². The van der Waals surface area contributed by atoms with Gasteiger partial charge in [0.25, 0.3) is 0 Å². The number of hydrogen-bond donors (Lipinski definition) is 0. The van der Waals surface area contributed by atoms with Gasteiger partial charge >= 0.3 is 0 Å². The van der Waals surface area contributed by atoms with Gasteiger partial charge in [-0.2, -0.15) is 5.10 Å². The molecule has 1 aliphatic carbocycles. The summed E-state index contributed by atoms with van der Waals surface area (Å²) in [5.41, 5.74) is 4.97. The highest BCUT2D eigenvalue weighted by molar-refractivity contribution is 5.24. The zero-order valence-electron chi connectivity index (χ0n) is 14.0. The zero-order valence-corrected chi connectivity index (χ0v) is 14.0. The predicted octanol–water partition coefficient (Wildman–Crippen LogP) is 2.55. The molecule has 0 aromatic carbocycles. The van der Waals surface area contributed by atoms with Gasteiger partial charge in [0.15, 0.2) is 0 Å². The molecule has 3 rings (SSSR count). The lowest BCUT2D eigenvalue weighted by molar-refractivity contribution is 0.244. The van der Waals surface area contributed by atoms with Crippen LogP contribution in [0.2, 0.25) is 0 Å². The Bertz CT molecular complexity index is 640. The van der Waals surface area contributed by atoms with E-state index in [2.05, 4.69) is 40.7 Å². The average molecular weight is 299 g/mol. The van der Waals surface area contributed by atoms with Crippen LogP contribution >= 0.6 is 0 Å². The molecule has 1 fully saturated rings. The second-order valence-electron chi connectivity index (χ2n) is 6.27. The summed E-state index contributed by atoms with van der Waals surface area (Å²) in [6.45, 7) is 8.22. The predicted molar refractivity (Wildman–Crippen MR) is 86.4 cm³/mol. The van der Waals surface area contributed by atoms with Crippen LogP contribution in [0.1, 0.15) is 48.1 Å². The van der Waals surface area contributed by atoms with Crippen molar-refractivity contribution in [2.45, 2.75) is 59.2 Å². The average Bonchev–Trinajstić information content (AvgIpc) is 3.32. The third-order valence-corrected chi connectivity index (χ3v) is 4.54. The minimum atomic E-state index is 0.699. The van der Waals surface area contributed by atoms with Crippen LogP contribution < -0.4 is 0 Å². The summed E-state index contributed by atoms with van der Waals surface area (Å²) in [4.78, 5) is 11.4. The standard InChI is InChI=1S/C17H25N5/c1-5-17-18-8-14(9-19-17)10-22(15-6-7-15)11-16-12(2)20-21(4)13(16)3/h8-9,15H,5-7,10-11H2,1-4H3. The fraction of sp³-hybridized carbons (Fsp3) is 0.588. The summed E-state index contributed by atoms with van der Waals surface area (Å²) in [6, 6.07) is 0.699. The fourth-order valence-corrected chi connectivity index (χ4v) is 2.88. The lowest BCUT2D eigenvalue weighted by Gasteiger charge is -2.22. The van der Waals surface area contributed by atoms with Crippen LogP contribution in [0.15, 0.2) is 12.4 Å². The van der Waals surface area contributed by atoms with Crippen molar-refractivity contribution in [3.05, 3.63) is 40.7 Å². The van der Waals surface area contributed by atoms with E-state index in [4.69, 9.17) is 0 Å². The molecule has 0 radical (unpaired) electrons. The lowest BCUT2D eigenvalue weighted by atomic mass is 10.1. The Balaban J connectivity index is 1.75. The van der Waals surface area contributed by atoms with Crippen LogP contribution in [0.25, 0.3) is 0 Å². The Morgan fingerprint density at radius 2 is 1.86 bits per heavy atom. The summed E-state index contributed by atoms with van der Waals surface area (Å²) < 4.78 is 1.98. The minimum Gasteiger partial charge on any atom is -0.292 e. The fourth-order valence-electron chi connectivity index (χ4n) is 2.88. The Labute approximate surface area is 132 Å². The lowest BCUT2D eigenvalue weighted by Crippen LogP contribution is -2.26. The van der Waals surface area contributed by atoms with Crippen molar-refractivity contribution in [3.63, 3.8) is 0 Å². The molecule has 2 aromatic rings. The topological polar surface area (TPSA) is 46.8 Å². The molecule has 2 heterocycles. The quantitative estimate of drug-likeness (QED) is 0.822. The molecule has 0 atom stereocenters. The molecule has 0 saturated heterocycles. The number of nitrogens with zero attached hydrogens (tertiary/aromatic N) is 5. The summed E-state index contributed by atoms with van der Waals surface area (Å²) in [5, 5.41) is 4.54. The summed E-state index contributed by atoms with van der Waals surface area (Å²) in [6.07, 6.45) is 7.44. The van der Waals surface area contributed by atoms with Gasteiger partial charge in [0.1, 0.15) is 5.82 Å². The van der Waals surface area contributed by atoms with E-state index in [-0.39, 0.29) is 0 Å². The first-order valence-electron chi connectivity index (χ1n) is 8.11. The molecular weight excluding hydrogens is 274 g/mol.